The highest BCUT2D eigenvalue weighted by Crippen LogP contribution is 2.55. The lowest BCUT2D eigenvalue weighted by Crippen LogP contribution is -2.55. The number of rotatable bonds is 2. The fraction of sp³-hybridized carbons (Fsp3) is 0.800. The number of halogens is 3. The van der Waals surface area contributed by atoms with Gasteiger partial charge in [-0.3, -0.25) is 0 Å². The Morgan fingerprint density at radius 2 is 1.82 bits per heavy atom. The van der Waals surface area contributed by atoms with E-state index in [0.717, 1.165) is 0 Å². The number of hydrogen-bond acceptors (Lipinski definition) is 3. The zero-order valence-corrected chi connectivity index (χ0v) is 9.88. The molecule has 2 rings (SSSR count). The molecule has 0 aromatic heterocycles. The zero-order valence-electron chi connectivity index (χ0n) is 9.07. The Bertz CT molecular complexity index is 454. The lowest BCUT2D eigenvalue weighted by atomic mass is 9.82. The summed E-state index contributed by atoms with van der Waals surface area (Å²) in [5.74, 6) is -1.62. The normalized spacial score (nSPS) is 36.2. The maximum atomic E-state index is 13.0. The van der Waals surface area contributed by atoms with Crippen LogP contribution in [0.15, 0.2) is 12.2 Å². The summed E-state index contributed by atoms with van der Waals surface area (Å²) < 4.78 is 68.9. The van der Waals surface area contributed by atoms with Crippen molar-refractivity contribution in [1.82, 2.24) is 0 Å². The van der Waals surface area contributed by atoms with E-state index >= 15 is 0 Å². The molecule has 98 valence electrons. The summed E-state index contributed by atoms with van der Waals surface area (Å²) in [6, 6.07) is 0. The Hall–Kier alpha value is -0.560. The third-order valence-electron chi connectivity index (χ3n) is 4.07. The predicted molar refractivity (Wildman–Crippen MR) is 53.0 cm³/mol. The molecule has 0 spiro atoms. The first-order chi connectivity index (χ1) is 7.57. The molecular weight excluding hydrogens is 257 g/mol. The van der Waals surface area contributed by atoms with Gasteiger partial charge < -0.3 is 4.55 Å². The van der Waals surface area contributed by atoms with Gasteiger partial charge in [-0.15, -0.1) is 0 Å². The van der Waals surface area contributed by atoms with E-state index in [-0.39, 0.29) is 12.3 Å². The molecular formula is C10H12F3O3S-. The molecule has 4 atom stereocenters. The van der Waals surface area contributed by atoms with Gasteiger partial charge in [-0.05, 0) is 37.5 Å². The SMILES string of the molecule is CC(C1CC2C=CC1C2)(C(F)(F)F)S(=O)(=O)[O-]. The summed E-state index contributed by atoms with van der Waals surface area (Å²) in [7, 11) is -5.44. The van der Waals surface area contributed by atoms with E-state index in [4.69, 9.17) is 0 Å². The Balaban J connectivity index is 2.47. The summed E-state index contributed by atoms with van der Waals surface area (Å²) in [4.78, 5) is 0. The predicted octanol–water partition coefficient (Wildman–Crippen LogP) is 2.06. The molecule has 7 heteroatoms. The van der Waals surface area contributed by atoms with E-state index in [1.165, 1.54) is 0 Å². The Morgan fingerprint density at radius 1 is 1.24 bits per heavy atom. The van der Waals surface area contributed by atoms with Gasteiger partial charge in [-0.2, -0.15) is 13.2 Å². The number of allylic oxidation sites excluding steroid dienone is 2. The van der Waals surface area contributed by atoms with Crippen LogP contribution in [0.1, 0.15) is 19.8 Å². The van der Waals surface area contributed by atoms with Gasteiger partial charge >= 0.3 is 6.18 Å². The molecule has 3 nitrogen and oxygen atoms in total. The summed E-state index contributed by atoms with van der Waals surface area (Å²) in [6.07, 6.45) is -0.982. The van der Waals surface area contributed by atoms with Gasteiger partial charge in [-0.1, -0.05) is 12.2 Å². The van der Waals surface area contributed by atoms with Crippen molar-refractivity contribution in [3.63, 3.8) is 0 Å². The minimum absolute atomic E-state index is 0.0200. The Morgan fingerprint density at radius 3 is 2.12 bits per heavy atom. The first-order valence-electron chi connectivity index (χ1n) is 5.28. The molecule has 0 amide bonds. The molecule has 0 heterocycles. The molecule has 2 aliphatic rings. The average molecular weight is 269 g/mol. The van der Waals surface area contributed by atoms with Gasteiger partial charge in [0.2, 0.25) is 0 Å². The van der Waals surface area contributed by atoms with Crippen molar-refractivity contribution in [3.8, 4) is 0 Å². The van der Waals surface area contributed by atoms with E-state index in [1.807, 2.05) is 0 Å². The van der Waals surface area contributed by atoms with E-state index in [9.17, 15) is 26.1 Å². The van der Waals surface area contributed by atoms with E-state index in [1.54, 1.807) is 12.2 Å². The van der Waals surface area contributed by atoms with Crippen molar-refractivity contribution in [2.75, 3.05) is 0 Å². The van der Waals surface area contributed by atoms with Crippen LogP contribution in [0.5, 0.6) is 0 Å². The minimum Gasteiger partial charge on any atom is -0.747 e. The minimum atomic E-state index is -5.44. The van der Waals surface area contributed by atoms with Crippen molar-refractivity contribution < 1.29 is 26.1 Å². The van der Waals surface area contributed by atoms with Crippen molar-refractivity contribution in [1.29, 1.82) is 0 Å². The Kier molecular flexibility index (Phi) is 2.63. The monoisotopic (exact) mass is 269 g/mol. The van der Waals surface area contributed by atoms with Gasteiger partial charge in [0.05, 0.1) is 0 Å². The molecule has 0 radical (unpaired) electrons. The standard InChI is InChI=1S/C10H13F3O3S/c1-9(10(11,12)13,17(14,15)16)8-5-6-2-3-7(8)4-6/h2-3,6-8H,4-5H2,1H3,(H,14,15,16)/p-1. The average Bonchev–Trinajstić information content (AvgIpc) is 2.73. The molecule has 0 N–H and O–H groups in total. The van der Waals surface area contributed by atoms with Gasteiger partial charge in [0.15, 0.2) is 4.75 Å². The topological polar surface area (TPSA) is 57.2 Å². The summed E-state index contributed by atoms with van der Waals surface area (Å²) in [5, 5.41) is 0. The summed E-state index contributed by atoms with van der Waals surface area (Å²) in [6.45, 7) is 0.522. The maximum absolute atomic E-state index is 13.0. The lowest BCUT2D eigenvalue weighted by molar-refractivity contribution is -0.173. The molecule has 2 bridgehead atoms. The highest BCUT2D eigenvalue weighted by molar-refractivity contribution is 7.87. The maximum Gasteiger partial charge on any atom is 0.407 e. The largest absolute Gasteiger partial charge is 0.747 e. The van der Waals surface area contributed by atoms with Crippen LogP contribution in [0.25, 0.3) is 0 Å². The van der Waals surface area contributed by atoms with Crippen molar-refractivity contribution >= 4 is 10.1 Å². The second-order valence-electron chi connectivity index (χ2n) is 4.95. The molecule has 1 saturated carbocycles. The van der Waals surface area contributed by atoms with Gasteiger partial charge in [0, 0.05) is 0 Å². The van der Waals surface area contributed by atoms with Crippen molar-refractivity contribution in [2.24, 2.45) is 17.8 Å². The van der Waals surface area contributed by atoms with Crippen LogP contribution in [-0.4, -0.2) is 23.9 Å². The van der Waals surface area contributed by atoms with Crippen LogP contribution in [0.2, 0.25) is 0 Å². The molecule has 4 unspecified atom stereocenters. The summed E-state index contributed by atoms with van der Waals surface area (Å²) in [5.41, 5.74) is 0. The fourth-order valence-electron chi connectivity index (χ4n) is 2.95. The van der Waals surface area contributed by atoms with Gasteiger partial charge in [-0.25, -0.2) is 8.42 Å². The van der Waals surface area contributed by atoms with E-state index in [2.05, 4.69) is 0 Å². The van der Waals surface area contributed by atoms with Crippen LogP contribution < -0.4 is 0 Å². The van der Waals surface area contributed by atoms with Crippen LogP contribution >= 0.6 is 0 Å². The quantitative estimate of drug-likeness (QED) is 0.569. The third-order valence-corrected chi connectivity index (χ3v) is 5.64. The molecule has 0 saturated heterocycles. The molecule has 0 aromatic carbocycles. The van der Waals surface area contributed by atoms with E-state index in [0.29, 0.717) is 13.3 Å². The molecule has 0 aromatic rings. The van der Waals surface area contributed by atoms with Crippen LogP contribution in [0, 0.1) is 17.8 Å². The second kappa shape index (κ2) is 3.47. The molecule has 2 aliphatic carbocycles. The zero-order chi connectivity index (χ0) is 13.1. The number of hydrogen-bond donors (Lipinski definition) is 0. The second-order valence-corrected chi connectivity index (χ2v) is 6.70. The molecule has 17 heavy (non-hydrogen) atoms. The first kappa shape index (κ1) is 12.9. The third kappa shape index (κ3) is 1.71. The highest BCUT2D eigenvalue weighted by Gasteiger charge is 2.64. The smallest absolute Gasteiger partial charge is 0.407 e. The van der Waals surface area contributed by atoms with Crippen LogP contribution in [0.3, 0.4) is 0 Å². The van der Waals surface area contributed by atoms with Gasteiger partial charge in [0.25, 0.3) is 0 Å². The number of fused-ring (bicyclic) bond motifs is 2. The van der Waals surface area contributed by atoms with Crippen molar-refractivity contribution in [2.45, 2.75) is 30.7 Å². The molecule has 0 aliphatic heterocycles. The Labute approximate surface area is 97.4 Å². The first-order valence-corrected chi connectivity index (χ1v) is 6.68. The van der Waals surface area contributed by atoms with Crippen molar-refractivity contribution in [3.05, 3.63) is 12.2 Å². The van der Waals surface area contributed by atoms with Crippen LogP contribution in [-0.2, 0) is 10.1 Å². The summed E-state index contributed by atoms with van der Waals surface area (Å²) >= 11 is 0. The van der Waals surface area contributed by atoms with Crippen LogP contribution in [0.4, 0.5) is 13.2 Å². The van der Waals surface area contributed by atoms with E-state index < -0.39 is 32.9 Å². The van der Waals surface area contributed by atoms with Gasteiger partial charge in [0.1, 0.15) is 10.1 Å². The fourth-order valence-corrected chi connectivity index (χ4v) is 3.88. The number of alkyl halides is 3. The lowest BCUT2D eigenvalue weighted by Gasteiger charge is -2.41. The highest BCUT2D eigenvalue weighted by atomic mass is 32.2. The molecule has 1 fully saturated rings.